The molecule has 0 saturated carbocycles. The van der Waals surface area contributed by atoms with Crippen molar-refractivity contribution in [3.05, 3.63) is 79.0 Å². The van der Waals surface area contributed by atoms with Gasteiger partial charge in [-0.3, -0.25) is 9.97 Å². The summed E-state index contributed by atoms with van der Waals surface area (Å²) in [6, 6.07) is 14.7. The minimum absolute atomic E-state index is 0.958. The van der Waals surface area contributed by atoms with Gasteiger partial charge in [-0.25, -0.2) is 4.98 Å². The fraction of sp³-hybridized carbons (Fsp3) is 0.0455. The second kappa shape index (κ2) is 6.26. The second-order valence-electron chi connectivity index (χ2n) is 6.67. The molecule has 1 aromatic carbocycles. The zero-order valence-electron chi connectivity index (χ0n) is 14.8. The van der Waals surface area contributed by atoms with E-state index in [4.69, 9.17) is 0 Å². The normalized spacial score (nSPS) is 11.3. The number of hydrogen-bond acceptors (Lipinski definition) is 3. The summed E-state index contributed by atoms with van der Waals surface area (Å²) in [5.74, 6) is 0. The summed E-state index contributed by atoms with van der Waals surface area (Å²) in [6.45, 7) is 2.07. The van der Waals surface area contributed by atoms with Crippen LogP contribution in [0.15, 0.2) is 73.4 Å². The molecule has 0 amide bonds. The zero-order chi connectivity index (χ0) is 18.4. The Morgan fingerprint density at radius 2 is 1.78 bits per heavy atom. The van der Waals surface area contributed by atoms with Crippen LogP contribution in [0, 0.1) is 6.92 Å². The van der Waals surface area contributed by atoms with Gasteiger partial charge in [0, 0.05) is 52.9 Å². The smallest absolute Gasteiger partial charge is 0.143 e. The van der Waals surface area contributed by atoms with Gasteiger partial charge < -0.3 is 4.34 Å². The molecule has 0 aliphatic rings. The Bertz CT molecular complexity index is 1290. The van der Waals surface area contributed by atoms with Crippen molar-refractivity contribution in [1.82, 2.24) is 19.3 Å². The van der Waals surface area contributed by atoms with Crippen LogP contribution in [0.25, 0.3) is 44.2 Å². The van der Waals surface area contributed by atoms with Gasteiger partial charge in [-0.2, -0.15) is 0 Å². The lowest BCUT2D eigenvalue weighted by atomic mass is 9.98. The molecule has 0 bridgehead atoms. The number of pyridine rings is 3. The highest BCUT2D eigenvalue weighted by molar-refractivity contribution is 7.14. The minimum Gasteiger partial charge on any atom is -0.316 e. The molecule has 0 N–H and O–H groups in total. The van der Waals surface area contributed by atoms with Crippen LogP contribution in [0.4, 0.5) is 0 Å². The van der Waals surface area contributed by atoms with Gasteiger partial charge in [-0.15, -0.1) is 0 Å². The number of aryl methyl sites for hydroxylation is 1. The lowest BCUT2D eigenvalue weighted by Crippen LogP contribution is -1.86. The Balaban J connectivity index is 1.78. The average molecular weight is 368 g/mol. The summed E-state index contributed by atoms with van der Waals surface area (Å²) in [5.41, 5.74) is 7.63. The zero-order valence-corrected chi connectivity index (χ0v) is 15.9. The largest absolute Gasteiger partial charge is 0.316 e. The molecular formula is C22H17N4P. The molecule has 0 aliphatic carbocycles. The molecule has 0 radical (unpaired) electrons. The molecule has 4 nitrogen and oxygen atoms in total. The number of hydrogen-bond donors (Lipinski definition) is 0. The molecule has 5 heteroatoms. The highest BCUT2D eigenvalue weighted by atomic mass is 31.0. The molecule has 1 atom stereocenters. The van der Waals surface area contributed by atoms with E-state index in [1.165, 1.54) is 5.56 Å². The summed E-state index contributed by atoms with van der Waals surface area (Å²) in [4.78, 5) is 13.4. The molecule has 0 fully saturated rings. The summed E-state index contributed by atoms with van der Waals surface area (Å²) in [7, 11) is 2.72. The monoisotopic (exact) mass is 368 g/mol. The topological polar surface area (TPSA) is 43.6 Å². The van der Waals surface area contributed by atoms with Crippen molar-refractivity contribution in [3.63, 3.8) is 0 Å². The predicted molar refractivity (Wildman–Crippen MR) is 114 cm³/mol. The Morgan fingerprint density at radius 3 is 2.63 bits per heavy atom. The van der Waals surface area contributed by atoms with Gasteiger partial charge in [0.15, 0.2) is 0 Å². The first-order chi connectivity index (χ1) is 13.2. The summed E-state index contributed by atoms with van der Waals surface area (Å²) < 4.78 is 2.00. The van der Waals surface area contributed by atoms with Gasteiger partial charge in [0.05, 0.1) is 5.52 Å². The maximum absolute atomic E-state index is 4.58. The van der Waals surface area contributed by atoms with E-state index >= 15 is 0 Å². The van der Waals surface area contributed by atoms with Crippen molar-refractivity contribution in [2.24, 2.45) is 0 Å². The van der Waals surface area contributed by atoms with Crippen molar-refractivity contribution in [3.8, 4) is 22.3 Å². The molecule has 0 saturated heterocycles. The molecule has 27 heavy (non-hydrogen) atoms. The van der Waals surface area contributed by atoms with E-state index in [0.717, 1.165) is 44.2 Å². The molecule has 0 aliphatic heterocycles. The van der Waals surface area contributed by atoms with Gasteiger partial charge in [0.2, 0.25) is 0 Å². The first-order valence-electron chi connectivity index (χ1n) is 8.73. The maximum atomic E-state index is 4.58. The van der Waals surface area contributed by atoms with Crippen molar-refractivity contribution < 1.29 is 0 Å². The molecule has 4 aromatic heterocycles. The molecule has 130 valence electrons. The Labute approximate surface area is 159 Å². The average Bonchev–Trinajstić information content (AvgIpc) is 3.03. The molecule has 1 unspecified atom stereocenters. The first-order valence-corrected chi connectivity index (χ1v) is 9.25. The summed E-state index contributed by atoms with van der Waals surface area (Å²) >= 11 is 0. The van der Waals surface area contributed by atoms with Crippen LogP contribution >= 0.6 is 9.39 Å². The summed E-state index contributed by atoms with van der Waals surface area (Å²) in [5, 5.41) is 2.27. The van der Waals surface area contributed by atoms with Crippen LogP contribution in [0.5, 0.6) is 0 Å². The Hall–Kier alpha value is -3.10. The van der Waals surface area contributed by atoms with E-state index in [1.54, 1.807) is 6.20 Å². The lowest BCUT2D eigenvalue weighted by molar-refractivity contribution is 1.24. The van der Waals surface area contributed by atoms with Gasteiger partial charge in [0.25, 0.3) is 0 Å². The Kier molecular flexibility index (Phi) is 3.73. The van der Waals surface area contributed by atoms with Gasteiger partial charge in [-0.05, 0) is 63.3 Å². The van der Waals surface area contributed by atoms with Gasteiger partial charge in [0.1, 0.15) is 5.65 Å². The molecule has 0 spiro atoms. The maximum Gasteiger partial charge on any atom is 0.143 e. The number of fused-ring (bicyclic) bond motifs is 2. The van der Waals surface area contributed by atoms with Crippen LogP contribution in [0.3, 0.4) is 0 Å². The number of rotatable bonds is 2. The third-order valence-electron chi connectivity index (χ3n) is 4.83. The van der Waals surface area contributed by atoms with Crippen molar-refractivity contribution >= 4 is 31.3 Å². The van der Waals surface area contributed by atoms with Crippen LogP contribution in [-0.2, 0) is 0 Å². The minimum atomic E-state index is 0.958. The highest BCUT2D eigenvalue weighted by Gasteiger charge is 2.12. The fourth-order valence-corrected chi connectivity index (χ4v) is 3.91. The second-order valence-corrected chi connectivity index (χ2v) is 7.22. The van der Waals surface area contributed by atoms with E-state index in [9.17, 15) is 0 Å². The molecule has 5 rings (SSSR count). The third kappa shape index (κ3) is 2.70. The lowest BCUT2D eigenvalue weighted by Gasteiger charge is -2.08. The van der Waals surface area contributed by atoms with E-state index in [0.29, 0.717) is 0 Å². The predicted octanol–water partition coefficient (Wildman–Crippen LogP) is 5.26. The van der Waals surface area contributed by atoms with Crippen molar-refractivity contribution in [2.45, 2.75) is 6.92 Å². The molecular weight excluding hydrogens is 351 g/mol. The van der Waals surface area contributed by atoms with Crippen LogP contribution < -0.4 is 0 Å². The van der Waals surface area contributed by atoms with E-state index in [1.807, 2.05) is 35.1 Å². The number of benzene rings is 1. The van der Waals surface area contributed by atoms with Crippen molar-refractivity contribution in [1.29, 1.82) is 0 Å². The molecule has 4 heterocycles. The van der Waals surface area contributed by atoms with Gasteiger partial charge >= 0.3 is 0 Å². The van der Waals surface area contributed by atoms with E-state index in [2.05, 4.69) is 67.8 Å². The first kappa shape index (κ1) is 16.1. The standard InChI is InChI=1S/C22H17N4P/c1-14-9-19-20(13-26(27)22(19)25-11-14)15-4-5-21-18(10-15)17(6-8-24-21)16-3-2-7-23-12-16/h2-13H,27H2,1H3. The number of nitrogens with zero attached hydrogens (tertiary/aromatic N) is 4. The Morgan fingerprint density at radius 1 is 0.852 bits per heavy atom. The van der Waals surface area contributed by atoms with Crippen LogP contribution in [0.1, 0.15) is 5.56 Å². The fourth-order valence-electron chi connectivity index (χ4n) is 3.55. The van der Waals surface area contributed by atoms with Gasteiger partial charge in [-0.1, -0.05) is 12.1 Å². The third-order valence-corrected chi connectivity index (χ3v) is 5.23. The summed E-state index contributed by atoms with van der Waals surface area (Å²) in [6.07, 6.45) is 9.55. The SMILES string of the molecule is Cc1cnc2c(c1)c(-c1ccc3nccc(-c4cccnc4)c3c1)cn2P. The van der Waals surface area contributed by atoms with Crippen molar-refractivity contribution in [2.75, 3.05) is 0 Å². The van der Waals surface area contributed by atoms with Crippen LogP contribution in [-0.4, -0.2) is 19.3 Å². The van der Waals surface area contributed by atoms with E-state index in [-0.39, 0.29) is 0 Å². The van der Waals surface area contributed by atoms with Crippen LogP contribution in [0.2, 0.25) is 0 Å². The quantitative estimate of drug-likeness (QED) is 0.399. The highest BCUT2D eigenvalue weighted by Crippen LogP contribution is 2.35. The molecule has 5 aromatic rings. The number of aromatic nitrogens is 4. The van der Waals surface area contributed by atoms with E-state index < -0.39 is 0 Å².